The number of hydrogen-bond donors (Lipinski definition) is 0. The lowest BCUT2D eigenvalue weighted by Crippen LogP contribution is -2.02. The zero-order valence-electron chi connectivity index (χ0n) is 14.8. The highest BCUT2D eigenvalue weighted by Gasteiger charge is 2.16. The second-order valence-corrected chi connectivity index (χ2v) is 6.19. The maximum Gasteiger partial charge on any atom is 0.126 e. The predicted octanol–water partition coefficient (Wildman–Crippen LogP) is 4.32. The Morgan fingerprint density at radius 3 is 2.59 bits per heavy atom. The molecule has 0 saturated carbocycles. The minimum atomic E-state index is -0.242. The van der Waals surface area contributed by atoms with Gasteiger partial charge in [0.05, 0.1) is 19.3 Å². The van der Waals surface area contributed by atoms with E-state index in [1.165, 1.54) is 12.3 Å². The zero-order valence-corrected chi connectivity index (χ0v) is 14.8. The Hall–Kier alpha value is -3.41. The fourth-order valence-corrected chi connectivity index (χ4v) is 2.98. The van der Waals surface area contributed by atoms with Gasteiger partial charge in [-0.1, -0.05) is 35.5 Å². The summed E-state index contributed by atoms with van der Waals surface area (Å²) in [5, 5.41) is 8.69. The molecule has 0 bridgehead atoms. The van der Waals surface area contributed by atoms with Gasteiger partial charge in [0.2, 0.25) is 0 Å². The minimum absolute atomic E-state index is 0.242. The van der Waals surface area contributed by atoms with Crippen molar-refractivity contribution in [2.24, 2.45) is 0 Å². The van der Waals surface area contributed by atoms with Gasteiger partial charge in [0, 0.05) is 24.2 Å². The molecule has 2 heterocycles. The Labute approximate surface area is 156 Å². The molecule has 0 aliphatic rings. The summed E-state index contributed by atoms with van der Waals surface area (Å²) in [4.78, 5) is 0. The molecule has 0 fully saturated rings. The molecule has 2 aromatic heterocycles. The molecule has 0 spiro atoms. The Morgan fingerprint density at radius 2 is 1.89 bits per heavy atom. The molecule has 2 aromatic carbocycles. The van der Waals surface area contributed by atoms with E-state index in [0.717, 1.165) is 22.6 Å². The fourth-order valence-electron chi connectivity index (χ4n) is 2.98. The van der Waals surface area contributed by atoms with Crippen LogP contribution >= 0.6 is 0 Å². The van der Waals surface area contributed by atoms with Crippen LogP contribution in [0.2, 0.25) is 0 Å². The SMILES string of the molecule is COc1ccc(Cn2cc(-c3ccon3)c(Cc3ccccc3F)n2)cc1. The molecule has 27 heavy (non-hydrogen) atoms. The van der Waals surface area contributed by atoms with Crippen molar-refractivity contribution in [1.82, 2.24) is 14.9 Å². The molecule has 136 valence electrons. The average molecular weight is 363 g/mol. The van der Waals surface area contributed by atoms with E-state index in [1.54, 1.807) is 25.3 Å². The largest absolute Gasteiger partial charge is 0.497 e. The van der Waals surface area contributed by atoms with Crippen LogP contribution < -0.4 is 4.74 Å². The Kier molecular flexibility index (Phi) is 4.70. The lowest BCUT2D eigenvalue weighted by Gasteiger charge is -2.04. The maximum absolute atomic E-state index is 14.1. The van der Waals surface area contributed by atoms with E-state index in [4.69, 9.17) is 9.26 Å². The van der Waals surface area contributed by atoms with Gasteiger partial charge in [0.25, 0.3) is 0 Å². The fraction of sp³-hybridized carbons (Fsp3) is 0.143. The second-order valence-electron chi connectivity index (χ2n) is 6.19. The molecule has 0 N–H and O–H groups in total. The van der Waals surface area contributed by atoms with Crippen LogP contribution in [0.25, 0.3) is 11.3 Å². The lowest BCUT2D eigenvalue weighted by atomic mass is 10.1. The number of halogens is 1. The summed E-state index contributed by atoms with van der Waals surface area (Å²) in [5.74, 6) is 0.566. The molecule has 0 aliphatic heterocycles. The van der Waals surface area contributed by atoms with E-state index in [1.807, 2.05) is 41.2 Å². The highest BCUT2D eigenvalue weighted by atomic mass is 19.1. The van der Waals surface area contributed by atoms with Crippen LogP contribution in [-0.2, 0) is 13.0 Å². The van der Waals surface area contributed by atoms with Crippen LogP contribution in [0.15, 0.2) is 71.6 Å². The molecule has 0 saturated heterocycles. The molecule has 0 amide bonds. The highest BCUT2D eigenvalue weighted by Crippen LogP contribution is 2.25. The first kappa shape index (κ1) is 17.0. The first-order valence-corrected chi connectivity index (χ1v) is 8.56. The van der Waals surface area contributed by atoms with Crippen molar-refractivity contribution in [3.05, 3.63) is 89.7 Å². The molecule has 0 unspecified atom stereocenters. The standard InChI is InChI=1S/C21H18FN3O2/c1-26-17-8-6-15(7-9-17)13-25-14-18(20-10-11-27-24-20)21(23-25)12-16-4-2-3-5-19(16)22/h2-11,14H,12-13H2,1H3. The van der Waals surface area contributed by atoms with Crippen LogP contribution in [0.4, 0.5) is 4.39 Å². The van der Waals surface area contributed by atoms with Gasteiger partial charge < -0.3 is 9.26 Å². The van der Waals surface area contributed by atoms with Crippen molar-refractivity contribution in [2.75, 3.05) is 7.11 Å². The number of aromatic nitrogens is 3. The molecule has 5 nitrogen and oxygen atoms in total. The first-order chi connectivity index (χ1) is 13.2. The van der Waals surface area contributed by atoms with Crippen molar-refractivity contribution in [1.29, 1.82) is 0 Å². The molecular weight excluding hydrogens is 345 g/mol. The summed E-state index contributed by atoms with van der Waals surface area (Å²) >= 11 is 0. The molecular formula is C21H18FN3O2. The van der Waals surface area contributed by atoms with Gasteiger partial charge in [-0.3, -0.25) is 4.68 Å². The third-order valence-corrected chi connectivity index (χ3v) is 4.37. The molecule has 4 rings (SSSR count). The number of benzene rings is 2. The maximum atomic E-state index is 14.1. The van der Waals surface area contributed by atoms with Crippen LogP contribution in [0.1, 0.15) is 16.8 Å². The number of hydrogen-bond acceptors (Lipinski definition) is 4. The van der Waals surface area contributed by atoms with Gasteiger partial charge in [-0.25, -0.2) is 4.39 Å². The summed E-state index contributed by atoms with van der Waals surface area (Å²) < 4.78 is 26.1. The number of nitrogens with zero attached hydrogens (tertiary/aromatic N) is 3. The Bertz CT molecular complexity index is 1020. The van der Waals surface area contributed by atoms with Crippen molar-refractivity contribution in [3.8, 4) is 17.0 Å². The molecule has 0 radical (unpaired) electrons. The van der Waals surface area contributed by atoms with Gasteiger partial charge >= 0.3 is 0 Å². The minimum Gasteiger partial charge on any atom is -0.497 e. The monoisotopic (exact) mass is 363 g/mol. The summed E-state index contributed by atoms with van der Waals surface area (Å²) in [7, 11) is 1.64. The summed E-state index contributed by atoms with van der Waals surface area (Å²) in [5.41, 5.74) is 3.95. The number of methoxy groups -OCH3 is 1. The Balaban J connectivity index is 1.66. The van der Waals surface area contributed by atoms with E-state index in [2.05, 4.69) is 10.3 Å². The van der Waals surface area contributed by atoms with E-state index in [9.17, 15) is 4.39 Å². The quantitative estimate of drug-likeness (QED) is 0.512. The van der Waals surface area contributed by atoms with Crippen molar-refractivity contribution < 1.29 is 13.7 Å². The number of rotatable bonds is 6. The second kappa shape index (κ2) is 7.45. The van der Waals surface area contributed by atoms with Gasteiger partial charge in [-0.05, 0) is 29.3 Å². The lowest BCUT2D eigenvalue weighted by molar-refractivity contribution is 0.414. The summed E-state index contributed by atoms with van der Waals surface area (Å²) in [6, 6.07) is 16.3. The highest BCUT2D eigenvalue weighted by molar-refractivity contribution is 5.61. The predicted molar refractivity (Wildman–Crippen MR) is 99.0 cm³/mol. The van der Waals surface area contributed by atoms with Gasteiger partial charge in [0.1, 0.15) is 23.5 Å². The normalized spacial score (nSPS) is 10.9. The van der Waals surface area contributed by atoms with Crippen LogP contribution in [0.5, 0.6) is 5.75 Å². The first-order valence-electron chi connectivity index (χ1n) is 8.56. The molecule has 0 aliphatic carbocycles. The van der Waals surface area contributed by atoms with Crippen LogP contribution in [0, 0.1) is 5.82 Å². The smallest absolute Gasteiger partial charge is 0.126 e. The Morgan fingerprint density at radius 1 is 1.07 bits per heavy atom. The summed E-state index contributed by atoms with van der Waals surface area (Å²) in [6.45, 7) is 0.589. The van der Waals surface area contributed by atoms with E-state index >= 15 is 0 Å². The number of ether oxygens (including phenoxy) is 1. The van der Waals surface area contributed by atoms with Gasteiger partial charge in [-0.15, -0.1) is 0 Å². The zero-order chi connectivity index (χ0) is 18.6. The topological polar surface area (TPSA) is 53.1 Å². The average Bonchev–Trinajstić information content (AvgIpc) is 3.34. The van der Waals surface area contributed by atoms with Crippen LogP contribution in [-0.4, -0.2) is 22.0 Å². The third-order valence-electron chi connectivity index (χ3n) is 4.37. The van der Waals surface area contributed by atoms with Crippen LogP contribution in [0.3, 0.4) is 0 Å². The molecule has 6 heteroatoms. The molecule has 4 aromatic rings. The van der Waals surface area contributed by atoms with Crippen molar-refractivity contribution in [3.63, 3.8) is 0 Å². The van der Waals surface area contributed by atoms with E-state index in [0.29, 0.717) is 24.2 Å². The van der Waals surface area contributed by atoms with E-state index in [-0.39, 0.29) is 5.82 Å². The van der Waals surface area contributed by atoms with Gasteiger partial charge in [-0.2, -0.15) is 5.10 Å². The summed E-state index contributed by atoms with van der Waals surface area (Å²) in [6.07, 6.45) is 3.81. The third kappa shape index (κ3) is 3.74. The van der Waals surface area contributed by atoms with Crippen molar-refractivity contribution in [2.45, 2.75) is 13.0 Å². The van der Waals surface area contributed by atoms with Gasteiger partial charge in [0.15, 0.2) is 0 Å². The molecule has 0 atom stereocenters. The van der Waals surface area contributed by atoms with E-state index < -0.39 is 0 Å². The van der Waals surface area contributed by atoms with Crippen molar-refractivity contribution >= 4 is 0 Å².